The van der Waals surface area contributed by atoms with Gasteiger partial charge in [-0.15, -0.1) is 0 Å². The second-order valence-electron chi connectivity index (χ2n) is 10.3. The first kappa shape index (κ1) is 28.6. The van der Waals surface area contributed by atoms with Crippen molar-refractivity contribution in [3.63, 3.8) is 0 Å². The van der Waals surface area contributed by atoms with Crippen LogP contribution in [-0.2, 0) is 22.6 Å². The Balaban J connectivity index is 1.38. The number of rotatable bonds is 12. The van der Waals surface area contributed by atoms with Gasteiger partial charge in [0.05, 0.1) is 13.2 Å². The Morgan fingerprint density at radius 1 is 1.05 bits per heavy atom. The first-order chi connectivity index (χ1) is 18.8. The molecule has 4 rings (SSSR count). The molecule has 1 aliphatic rings. The Hall–Kier alpha value is -3.40. The summed E-state index contributed by atoms with van der Waals surface area (Å²) in [6, 6.07) is 15.8. The molecular formula is C30H40N4O5. The summed E-state index contributed by atoms with van der Waals surface area (Å²) >= 11 is 0. The fourth-order valence-corrected chi connectivity index (χ4v) is 4.80. The molecule has 9 heteroatoms. The van der Waals surface area contributed by atoms with Crippen LogP contribution in [0.2, 0.25) is 0 Å². The number of imidazole rings is 1. The lowest BCUT2D eigenvalue weighted by Gasteiger charge is -2.33. The second-order valence-corrected chi connectivity index (χ2v) is 10.3. The van der Waals surface area contributed by atoms with E-state index in [1.165, 1.54) is 7.11 Å². The minimum atomic E-state index is -1.25. The van der Waals surface area contributed by atoms with E-state index in [9.17, 15) is 9.90 Å². The van der Waals surface area contributed by atoms with E-state index in [2.05, 4.69) is 20.5 Å². The zero-order valence-electron chi connectivity index (χ0n) is 23.2. The van der Waals surface area contributed by atoms with Gasteiger partial charge >= 0.3 is 0 Å². The molecule has 0 unspecified atom stereocenters. The number of amides is 1. The zero-order valence-corrected chi connectivity index (χ0v) is 23.2. The highest BCUT2D eigenvalue weighted by atomic mass is 16.5. The third kappa shape index (κ3) is 8.54. The Labute approximate surface area is 230 Å². The average molecular weight is 537 g/mol. The molecule has 3 aromatic rings. The Kier molecular flexibility index (Phi) is 9.97. The summed E-state index contributed by atoms with van der Waals surface area (Å²) in [4.78, 5) is 20.8. The van der Waals surface area contributed by atoms with Gasteiger partial charge in [-0.25, -0.2) is 4.98 Å². The molecule has 1 saturated heterocycles. The molecule has 210 valence electrons. The zero-order chi connectivity index (χ0) is 27.7. The highest BCUT2D eigenvalue weighted by Crippen LogP contribution is 2.22. The van der Waals surface area contributed by atoms with Crippen LogP contribution in [0.5, 0.6) is 11.5 Å². The van der Waals surface area contributed by atoms with Gasteiger partial charge in [0, 0.05) is 52.2 Å². The van der Waals surface area contributed by atoms with Crippen LogP contribution < -0.4 is 9.47 Å². The van der Waals surface area contributed by atoms with Crippen molar-refractivity contribution < 1.29 is 24.1 Å². The number of benzene rings is 2. The lowest BCUT2D eigenvalue weighted by Crippen LogP contribution is -2.52. The fraction of sp³-hybridized carbons (Fsp3) is 0.467. The lowest BCUT2D eigenvalue weighted by atomic mass is 10.0. The van der Waals surface area contributed by atoms with Crippen LogP contribution in [-0.4, -0.2) is 89.1 Å². The van der Waals surface area contributed by atoms with Crippen molar-refractivity contribution in [3.05, 3.63) is 77.9 Å². The van der Waals surface area contributed by atoms with Crippen LogP contribution in [0, 0.1) is 13.8 Å². The average Bonchev–Trinajstić information content (AvgIpc) is 3.25. The SMILES string of the molecule is COCC(=O)N1CCN(Cc2cccc(OCCCn3ccnc3C)c2)C[C@](O)(COc2ccc(C)cc2)C1. The van der Waals surface area contributed by atoms with E-state index >= 15 is 0 Å². The molecule has 0 aliphatic carbocycles. The molecule has 2 aromatic carbocycles. The van der Waals surface area contributed by atoms with Gasteiger partial charge in [0.1, 0.15) is 36.1 Å². The normalized spacial score (nSPS) is 18.1. The number of carbonyl (C=O) groups excluding carboxylic acids is 1. The van der Waals surface area contributed by atoms with Crippen LogP contribution in [0.15, 0.2) is 60.9 Å². The number of aryl methyl sites for hydroxylation is 3. The topological polar surface area (TPSA) is 89.3 Å². The van der Waals surface area contributed by atoms with Gasteiger partial charge in [-0.2, -0.15) is 0 Å². The number of methoxy groups -OCH3 is 1. The van der Waals surface area contributed by atoms with E-state index in [0.717, 1.165) is 35.7 Å². The smallest absolute Gasteiger partial charge is 0.248 e. The van der Waals surface area contributed by atoms with Crippen molar-refractivity contribution in [2.45, 2.75) is 39.0 Å². The Bertz CT molecular complexity index is 1200. The van der Waals surface area contributed by atoms with Crippen molar-refractivity contribution in [2.24, 2.45) is 0 Å². The van der Waals surface area contributed by atoms with Crippen molar-refractivity contribution in [1.82, 2.24) is 19.4 Å². The maximum Gasteiger partial charge on any atom is 0.248 e. The third-order valence-corrected chi connectivity index (χ3v) is 6.88. The maximum absolute atomic E-state index is 12.7. The molecule has 1 fully saturated rings. The molecule has 39 heavy (non-hydrogen) atoms. The number of aromatic nitrogens is 2. The monoisotopic (exact) mass is 536 g/mol. The number of hydrogen-bond donors (Lipinski definition) is 1. The van der Waals surface area contributed by atoms with Crippen LogP contribution in [0.25, 0.3) is 0 Å². The van der Waals surface area contributed by atoms with E-state index in [0.29, 0.717) is 38.5 Å². The molecule has 0 spiro atoms. The van der Waals surface area contributed by atoms with E-state index < -0.39 is 5.60 Å². The molecular weight excluding hydrogens is 496 g/mol. The largest absolute Gasteiger partial charge is 0.494 e. The van der Waals surface area contributed by atoms with Crippen LogP contribution in [0.4, 0.5) is 0 Å². The Morgan fingerprint density at radius 3 is 2.62 bits per heavy atom. The minimum Gasteiger partial charge on any atom is -0.494 e. The number of nitrogens with zero attached hydrogens (tertiary/aromatic N) is 4. The molecule has 1 atom stereocenters. The summed E-state index contributed by atoms with van der Waals surface area (Å²) in [5.41, 5.74) is 0.971. The van der Waals surface area contributed by atoms with E-state index in [1.54, 1.807) is 4.90 Å². The molecule has 2 heterocycles. The third-order valence-electron chi connectivity index (χ3n) is 6.88. The number of hydrogen-bond acceptors (Lipinski definition) is 7. The molecule has 1 N–H and O–H groups in total. The Morgan fingerprint density at radius 2 is 1.87 bits per heavy atom. The molecule has 9 nitrogen and oxygen atoms in total. The maximum atomic E-state index is 12.7. The van der Waals surface area contributed by atoms with Gasteiger partial charge in [0.2, 0.25) is 5.91 Å². The van der Waals surface area contributed by atoms with E-state index in [1.807, 2.05) is 68.7 Å². The van der Waals surface area contributed by atoms with Crippen molar-refractivity contribution in [3.8, 4) is 11.5 Å². The van der Waals surface area contributed by atoms with Crippen LogP contribution in [0.3, 0.4) is 0 Å². The molecule has 0 radical (unpaired) electrons. The highest BCUT2D eigenvalue weighted by molar-refractivity contribution is 5.77. The van der Waals surface area contributed by atoms with Gasteiger partial charge in [-0.05, 0) is 50.1 Å². The molecule has 1 amide bonds. The van der Waals surface area contributed by atoms with Crippen LogP contribution in [0.1, 0.15) is 23.4 Å². The summed E-state index contributed by atoms with van der Waals surface area (Å²) < 4.78 is 19.2. The van der Waals surface area contributed by atoms with Crippen molar-refractivity contribution in [1.29, 1.82) is 0 Å². The predicted molar refractivity (Wildman–Crippen MR) is 149 cm³/mol. The molecule has 1 aromatic heterocycles. The number of β-amino-alcohol motifs (C(OH)–C–C–N with tert-alkyl or cyclic N) is 1. The number of aliphatic hydroxyl groups is 1. The first-order valence-corrected chi connectivity index (χ1v) is 13.4. The quantitative estimate of drug-likeness (QED) is 0.356. The van der Waals surface area contributed by atoms with E-state index in [-0.39, 0.29) is 25.7 Å². The van der Waals surface area contributed by atoms with Gasteiger partial charge in [0.25, 0.3) is 0 Å². The fourth-order valence-electron chi connectivity index (χ4n) is 4.80. The summed E-state index contributed by atoms with van der Waals surface area (Å²) in [6.07, 6.45) is 4.67. The summed E-state index contributed by atoms with van der Waals surface area (Å²) in [5, 5.41) is 11.7. The standard InChI is InChI=1S/C30H40N4O5/c1-24-8-10-27(11-9-24)39-23-30(36)21-32(15-16-34(22-30)29(35)20-37-3)19-26-6-4-7-28(18-26)38-17-5-13-33-14-12-31-25(33)2/h4,6-12,14,18,36H,5,13,15-17,19-23H2,1-3H3/t30-/m1/s1. The minimum absolute atomic E-state index is 0.0191. The van der Waals surface area contributed by atoms with Crippen molar-refractivity contribution >= 4 is 5.91 Å². The molecule has 0 saturated carbocycles. The number of carbonyl (C=O) groups is 1. The predicted octanol–water partition coefficient (Wildman–Crippen LogP) is 3.07. The summed E-state index contributed by atoms with van der Waals surface area (Å²) in [7, 11) is 1.50. The number of ether oxygens (including phenoxy) is 3. The first-order valence-electron chi connectivity index (χ1n) is 13.4. The van der Waals surface area contributed by atoms with Gasteiger partial charge in [-0.3, -0.25) is 9.69 Å². The summed E-state index contributed by atoms with van der Waals surface area (Å²) in [6.45, 7) is 7.82. The van der Waals surface area contributed by atoms with E-state index in [4.69, 9.17) is 14.2 Å². The van der Waals surface area contributed by atoms with Gasteiger partial charge in [-0.1, -0.05) is 29.8 Å². The van der Waals surface area contributed by atoms with Crippen LogP contribution >= 0.6 is 0 Å². The second kappa shape index (κ2) is 13.6. The summed E-state index contributed by atoms with van der Waals surface area (Å²) in [5.74, 6) is 2.36. The molecule has 1 aliphatic heterocycles. The molecule has 0 bridgehead atoms. The van der Waals surface area contributed by atoms with Gasteiger partial charge in [0.15, 0.2) is 0 Å². The van der Waals surface area contributed by atoms with Crippen molar-refractivity contribution in [2.75, 3.05) is 53.1 Å². The lowest BCUT2D eigenvalue weighted by molar-refractivity contribution is -0.138. The highest BCUT2D eigenvalue weighted by Gasteiger charge is 2.37. The van der Waals surface area contributed by atoms with Gasteiger partial charge < -0.3 is 28.8 Å².